The monoisotopic (exact) mass is 326 g/mol. The maximum atomic E-state index is 4.88. The second-order valence-corrected chi connectivity index (χ2v) is 13.4. The summed E-state index contributed by atoms with van der Waals surface area (Å²) in [6.45, 7) is 7.45. The van der Waals surface area contributed by atoms with Gasteiger partial charge in [0.1, 0.15) is 0 Å². The first-order chi connectivity index (χ1) is 10.7. The van der Waals surface area contributed by atoms with Crippen molar-refractivity contribution in [2.75, 3.05) is 24.6 Å². The van der Waals surface area contributed by atoms with Gasteiger partial charge in [0.2, 0.25) is 0 Å². The molecular weight excluding hydrogens is 287 g/mol. The number of aromatic amines is 1. The Morgan fingerprint density at radius 3 is 1.45 bits per heavy atom. The van der Waals surface area contributed by atoms with Crippen molar-refractivity contribution >= 4 is 12.2 Å². The maximum absolute atomic E-state index is 4.88. The molecule has 1 heterocycles. The molecule has 1 aromatic heterocycles. The van der Waals surface area contributed by atoms with Gasteiger partial charge in [0.25, 0.3) is 0 Å². The van der Waals surface area contributed by atoms with Crippen LogP contribution in [0.1, 0.15) is 79.1 Å². The van der Waals surface area contributed by atoms with E-state index in [-0.39, 0.29) is 0 Å². The number of hydrogen-bond acceptors (Lipinski definition) is 1. The Balaban J connectivity index is 3.28. The zero-order chi connectivity index (χ0) is 16.3. The first kappa shape index (κ1) is 19.7. The molecule has 0 bridgehead atoms. The summed E-state index contributed by atoms with van der Waals surface area (Å²) < 4.78 is 0. The van der Waals surface area contributed by atoms with Crippen molar-refractivity contribution in [3.8, 4) is 0 Å². The van der Waals surface area contributed by atoms with Crippen LogP contribution in [0.4, 0.5) is 0 Å². The summed E-state index contributed by atoms with van der Waals surface area (Å²) in [5.41, 5.74) is 1.41. The van der Waals surface area contributed by atoms with Crippen molar-refractivity contribution < 1.29 is 0 Å². The Morgan fingerprint density at radius 2 is 1.18 bits per heavy atom. The van der Waals surface area contributed by atoms with Crippen LogP contribution in [-0.4, -0.2) is 34.6 Å². The molecule has 1 aromatic rings. The van der Waals surface area contributed by atoms with E-state index in [1.165, 1.54) is 81.6 Å². The Labute approximate surface area is 138 Å². The number of unbranched alkanes of at least 4 members (excludes halogenated alkanes) is 4. The van der Waals surface area contributed by atoms with Gasteiger partial charge >= 0.3 is 138 Å². The van der Waals surface area contributed by atoms with E-state index in [0.717, 1.165) is 0 Å². The average molecular weight is 327 g/mol. The van der Waals surface area contributed by atoms with E-state index in [2.05, 4.69) is 38.9 Å². The first-order valence-electron chi connectivity index (χ1n) is 9.67. The number of rotatable bonds is 13. The standard InChI is InChI=1S/C19H39N2P/c1-5-9-15-22(16-10-6-2,17-11-7-3,18-12-8-4)19-20-13-14-21-19/h13-14H,5-12,15-18H2,1-4H3,(H,20,21). The molecule has 3 heteroatoms. The van der Waals surface area contributed by atoms with Crippen LogP contribution in [0.25, 0.3) is 0 Å². The number of hydrogen-bond donors (Lipinski definition) is 1. The quantitative estimate of drug-likeness (QED) is 0.457. The Hall–Kier alpha value is -0.360. The van der Waals surface area contributed by atoms with E-state index in [9.17, 15) is 0 Å². The number of H-pyrrole nitrogens is 1. The molecule has 0 spiro atoms. The Kier molecular flexibility index (Phi) is 8.69. The van der Waals surface area contributed by atoms with Gasteiger partial charge in [-0.3, -0.25) is 0 Å². The summed E-state index contributed by atoms with van der Waals surface area (Å²) in [5.74, 6) is 0. The molecule has 0 atom stereocenters. The number of nitrogens with one attached hydrogen (secondary N) is 1. The van der Waals surface area contributed by atoms with Gasteiger partial charge in [0, 0.05) is 0 Å². The van der Waals surface area contributed by atoms with E-state index >= 15 is 0 Å². The Morgan fingerprint density at radius 1 is 0.773 bits per heavy atom. The van der Waals surface area contributed by atoms with Crippen molar-refractivity contribution in [2.45, 2.75) is 79.1 Å². The topological polar surface area (TPSA) is 28.7 Å². The third-order valence-electron chi connectivity index (χ3n) is 5.47. The molecule has 1 N–H and O–H groups in total. The molecule has 0 radical (unpaired) electrons. The van der Waals surface area contributed by atoms with Gasteiger partial charge in [-0.05, 0) is 0 Å². The van der Waals surface area contributed by atoms with Crippen LogP contribution in [0.2, 0.25) is 0 Å². The Bertz CT molecular complexity index is 343. The van der Waals surface area contributed by atoms with E-state index in [1.807, 2.05) is 6.20 Å². The summed E-state index contributed by atoms with van der Waals surface area (Å²) in [4.78, 5) is 8.48. The molecule has 0 saturated carbocycles. The first-order valence-corrected chi connectivity index (χ1v) is 12.6. The van der Waals surface area contributed by atoms with Gasteiger partial charge in [-0.15, -0.1) is 0 Å². The van der Waals surface area contributed by atoms with Gasteiger partial charge in [-0.2, -0.15) is 0 Å². The minimum atomic E-state index is -1.92. The predicted molar refractivity (Wildman–Crippen MR) is 104 cm³/mol. The molecule has 130 valence electrons. The third kappa shape index (κ3) is 4.57. The minimum absolute atomic E-state index is 1.31. The van der Waals surface area contributed by atoms with E-state index < -0.39 is 6.60 Å². The molecule has 0 aromatic carbocycles. The van der Waals surface area contributed by atoms with Crippen molar-refractivity contribution in [3.63, 3.8) is 0 Å². The van der Waals surface area contributed by atoms with E-state index in [0.29, 0.717) is 0 Å². The molecule has 0 aliphatic carbocycles. The second-order valence-electron chi connectivity index (χ2n) is 7.20. The molecule has 0 fully saturated rings. The van der Waals surface area contributed by atoms with Crippen LogP contribution in [0, 0.1) is 0 Å². The van der Waals surface area contributed by atoms with E-state index in [4.69, 9.17) is 4.98 Å². The SMILES string of the molecule is CCCCP(CCCC)(CCCC)(CCCC)c1ncc[nH]1. The summed E-state index contributed by atoms with van der Waals surface area (Å²) in [6.07, 6.45) is 20.5. The van der Waals surface area contributed by atoms with Crippen molar-refractivity contribution in [1.29, 1.82) is 0 Å². The van der Waals surface area contributed by atoms with Crippen molar-refractivity contribution in [3.05, 3.63) is 12.4 Å². The van der Waals surface area contributed by atoms with Gasteiger partial charge in [0.05, 0.1) is 0 Å². The number of imidazole rings is 1. The summed E-state index contributed by atoms with van der Waals surface area (Å²) in [5, 5.41) is 0. The zero-order valence-electron chi connectivity index (χ0n) is 15.5. The average Bonchev–Trinajstić information content (AvgIpc) is 3.10. The number of nitrogens with zero attached hydrogens (tertiary/aromatic N) is 1. The van der Waals surface area contributed by atoms with Crippen LogP contribution in [0.5, 0.6) is 0 Å². The van der Waals surface area contributed by atoms with Crippen LogP contribution in [-0.2, 0) is 0 Å². The summed E-state index contributed by atoms with van der Waals surface area (Å²) in [6, 6.07) is 0. The molecule has 0 aliphatic rings. The summed E-state index contributed by atoms with van der Waals surface area (Å²) >= 11 is 0. The normalized spacial score (nSPS) is 13.9. The fraction of sp³-hybridized carbons (Fsp3) is 0.842. The summed E-state index contributed by atoms with van der Waals surface area (Å²) in [7, 11) is 0. The van der Waals surface area contributed by atoms with Gasteiger partial charge in [-0.1, -0.05) is 0 Å². The van der Waals surface area contributed by atoms with Gasteiger partial charge in [-0.25, -0.2) is 0 Å². The molecule has 0 aliphatic heterocycles. The predicted octanol–water partition coefficient (Wildman–Crippen LogP) is 5.79. The fourth-order valence-corrected chi connectivity index (χ4v) is 11.6. The van der Waals surface area contributed by atoms with Gasteiger partial charge in [0.15, 0.2) is 0 Å². The molecule has 1 rings (SSSR count). The van der Waals surface area contributed by atoms with Crippen LogP contribution in [0.3, 0.4) is 0 Å². The van der Waals surface area contributed by atoms with Crippen molar-refractivity contribution in [1.82, 2.24) is 9.97 Å². The zero-order valence-corrected chi connectivity index (χ0v) is 16.4. The molecule has 0 saturated heterocycles. The second kappa shape index (κ2) is 9.71. The molecule has 0 unspecified atom stereocenters. The molecular formula is C19H39N2P. The van der Waals surface area contributed by atoms with Crippen LogP contribution >= 0.6 is 6.60 Å². The molecule has 2 nitrogen and oxygen atoms in total. The number of aromatic nitrogens is 2. The van der Waals surface area contributed by atoms with E-state index in [1.54, 1.807) is 0 Å². The fourth-order valence-electron chi connectivity index (χ4n) is 3.99. The van der Waals surface area contributed by atoms with Crippen LogP contribution in [0.15, 0.2) is 12.4 Å². The molecule has 0 amide bonds. The third-order valence-corrected chi connectivity index (χ3v) is 12.9. The van der Waals surface area contributed by atoms with Crippen molar-refractivity contribution in [2.24, 2.45) is 0 Å². The van der Waals surface area contributed by atoms with Crippen LogP contribution < -0.4 is 5.57 Å². The van der Waals surface area contributed by atoms with Gasteiger partial charge < -0.3 is 0 Å². The molecule has 22 heavy (non-hydrogen) atoms.